The van der Waals surface area contributed by atoms with Crippen LogP contribution < -0.4 is 9.80 Å². The first-order valence-corrected chi connectivity index (χ1v) is 25.2. The summed E-state index contributed by atoms with van der Waals surface area (Å²) >= 11 is 8.12. The molecule has 68 heavy (non-hydrogen) atoms. The Kier molecular flexibility index (Phi) is 11.8. The minimum atomic E-state index is -0.0822. The third-order valence-electron chi connectivity index (χ3n) is 15.5. The molecule has 2 nitrogen and oxygen atoms in total. The highest BCUT2D eigenvalue weighted by Gasteiger charge is 2.29. The van der Waals surface area contributed by atoms with Gasteiger partial charge in [-0.1, -0.05) is 183 Å². The first-order valence-electron chi connectivity index (χ1n) is 24.9. The molecule has 1 aliphatic rings. The van der Waals surface area contributed by atoms with Crippen LogP contribution in [-0.2, 0) is 29.1 Å². The minimum Gasteiger partial charge on any atom is -0.309 e. The SMILES string of the molecule is CCC(C)(C)c1ccc(N(c2ccc(C(C)(C)C)cc2-c2ccc3c4ccccc4c4ccccc4c3c2)c2cccc(N(c3ccc(C(C)(C)CC)cc3)c3cccc4c3CCC4)c2Cl)cc1. The molecular formula is C65H65ClN2. The number of nitrogens with zero attached hydrogens (tertiary/aromatic N) is 2. The van der Waals surface area contributed by atoms with Crippen LogP contribution in [0, 0.1) is 0 Å². The van der Waals surface area contributed by atoms with E-state index in [4.69, 9.17) is 11.6 Å². The van der Waals surface area contributed by atoms with Gasteiger partial charge < -0.3 is 9.80 Å². The molecule has 0 bridgehead atoms. The van der Waals surface area contributed by atoms with E-state index in [0.29, 0.717) is 5.02 Å². The van der Waals surface area contributed by atoms with Gasteiger partial charge in [0.25, 0.3) is 0 Å². The number of benzene rings is 9. The van der Waals surface area contributed by atoms with Crippen molar-refractivity contribution in [3.63, 3.8) is 0 Å². The Labute approximate surface area is 410 Å². The summed E-state index contributed by atoms with van der Waals surface area (Å²) < 4.78 is 0. The van der Waals surface area contributed by atoms with Crippen LogP contribution in [0.4, 0.5) is 34.1 Å². The molecule has 0 spiro atoms. The van der Waals surface area contributed by atoms with Crippen LogP contribution in [0.1, 0.15) is 109 Å². The first-order chi connectivity index (χ1) is 32.7. The van der Waals surface area contributed by atoms with Gasteiger partial charge in [-0.3, -0.25) is 0 Å². The Morgan fingerprint density at radius 1 is 0.426 bits per heavy atom. The van der Waals surface area contributed by atoms with Crippen molar-refractivity contribution in [3.05, 3.63) is 203 Å². The summed E-state index contributed by atoms with van der Waals surface area (Å²) in [5.41, 5.74) is 15.4. The predicted octanol–water partition coefficient (Wildman–Crippen LogP) is 19.6. The highest BCUT2D eigenvalue weighted by molar-refractivity contribution is 6.37. The molecule has 0 radical (unpaired) electrons. The van der Waals surface area contributed by atoms with Crippen molar-refractivity contribution < 1.29 is 0 Å². The van der Waals surface area contributed by atoms with Crippen LogP contribution in [0.3, 0.4) is 0 Å². The van der Waals surface area contributed by atoms with Crippen LogP contribution in [0.5, 0.6) is 0 Å². The zero-order valence-electron chi connectivity index (χ0n) is 41.5. The smallest absolute Gasteiger partial charge is 0.0887 e. The van der Waals surface area contributed by atoms with E-state index in [2.05, 4.69) is 242 Å². The van der Waals surface area contributed by atoms with Crippen molar-refractivity contribution in [2.24, 2.45) is 0 Å². The average molecular weight is 910 g/mol. The van der Waals surface area contributed by atoms with Crippen molar-refractivity contribution in [2.75, 3.05) is 9.80 Å². The lowest BCUT2D eigenvalue weighted by molar-refractivity contribution is 0.506. The Hall–Kier alpha value is -6.35. The summed E-state index contributed by atoms with van der Waals surface area (Å²) in [6.45, 7) is 20.8. The molecule has 342 valence electrons. The van der Waals surface area contributed by atoms with E-state index in [0.717, 1.165) is 71.7 Å². The number of anilines is 6. The maximum Gasteiger partial charge on any atom is 0.0887 e. The summed E-state index contributed by atoms with van der Waals surface area (Å²) in [5, 5.41) is 8.29. The summed E-state index contributed by atoms with van der Waals surface area (Å²) in [4.78, 5) is 4.84. The quantitative estimate of drug-likeness (QED) is 0.119. The standard InChI is InChI=1S/C65H65ClN2/c1-10-64(6,7)45-30-35-48(36-31-45)67(58-26-17-20-43-19-16-25-50(43)58)60-27-18-28-61(62(60)66)68(49-37-32-46(33-38-49)65(8,9)11-2)59-40-34-47(63(3,4)5)42-56(59)44-29-39-55-53-23-13-12-21-51(53)52-22-14-15-24-54(52)57(55)41-44/h12-15,17-18,20-24,26-42H,10-11,16,19,25H2,1-9H3. The Morgan fingerprint density at radius 3 is 1.43 bits per heavy atom. The number of halogens is 1. The Bertz CT molecular complexity index is 3300. The number of hydrogen-bond donors (Lipinski definition) is 0. The first kappa shape index (κ1) is 45.4. The largest absolute Gasteiger partial charge is 0.309 e. The van der Waals surface area contributed by atoms with Crippen molar-refractivity contribution in [3.8, 4) is 11.1 Å². The van der Waals surface area contributed by atoms with Gasteiger partial charge >= 0.3 is 0 Å². The maximum absolute atomic E-state index is 8.12. The molecule has 0 saturated carbocycles. The summed E-state index contributed by atoms with van der Waals surface area (Å²) in [7, 11) is 0. The maximum atomic E-state index is 8.12. The Balaban J connectivity index is 1.23. The molecule has 3 heteroatoms. The number of aryl methyl sites for hydroxylation is 1. The molecule has 0 N–H and O–H groups in total. The van der Waals surface area contributed by atoms with Crippen LogP contribution >= 0.6 is 11.6 Å². The lowest BCUT2D eigenvalue weighted by Crippen LogP contribution is -2.18. The number of fused-ring (bicyclic) bond motifs is 7. The second kappa shape index (κ2) is 17.6. The van der Waals surface area contributed by atoms with E-state index in [9.17, 15) is 0 Å². The van der Waals surface area contributed by atoms with Crippen LogP contribution in [-0.4, -0.2) is 0 Å². The molecule has 9 aromatic carbocycles. The number of rotatable bonds is 11. The van der Waals surface area contributed by atoms with Gasteiger partial charge in [-0.25, -0.2) is 0 Å². The van der Waals surface area contributed by atoms with E-state index >= 15 is 0 Å². The second-order valence-corrected chi connectivity index (χ2v) is 21.8. The van der Waals surface area contributed by atoms with Gasteiger partial charge in [-0.05, 0) is 175 Å². The van der Waals surface area contributed by atoms with Crippen molar-refractivity contribution in [1.82, 2.24) is 0 Å². The zero-order valence-corrected chi connectivity index (χ0v) is 42.2. The van der Waals surface area contributed by atoms with E-state index in [1.165, 1.54) is 65.8 Å². The predicted molar refractivity (Wildman–Crippen MR) is 296 cm³/mol. The molecule has 0 heterocycles. The fourth-order valence-electron chi connectivity index (χ4n) is 10.5. The third-order valence-corrected chi connectivity index (χ3v) is 15.9. The van der Waals surface area contributed by atoms with Crippen molar-refractivity contribution in [2.45, 2.75) is 111 Å². The highest BCUT2D eigenvalue weighted by Crippen LogP contribution is 2.51. The summed E-state index contributed by atoms with van der Waals surface area (Å²) in [6, 6.07) is 63.8. The van der Waals surface area contributed by atoms with Crippen molar-refractivity contribution >= 4 is 78.0 Å². The van der Waals surface area contributed by atoms with E-state index in [-0.39, 0.29) is 16.2 Å². The van der Waals surface area contributed by atoms with Gasteiger partial charge in [-0.15, -0.1) is 0 Å². The molecule has 1 aliphatic carbocycles. The second-order valence-electron chi connectivity index (χ2n) is 21.5. The topological polar surface area (TPSA) is 6.48 Å². The van der Waals surface area contributed by atoms with Gasteiger partial charge in [-0.2, -0.15) is 0 Å². The molecule has 10 rings (SSSR count). The Morgan fingerprint density at radius 2 is 0.897 bits per heavy atom. The fraction of sp³-hybridized carbons (Fsp3) is 0.262. The van der Waals surface area contributed by atoms with Gasteiger partial charge in [0.1, 0.15) is 0 Å². The van der Waals surface area contributed by atoms with Crippen LogP contribution in [0.2, 0.25) is 5.02 Å². The van der Waals surface area contributed by atoms with E-state index in [1.54, 1.807) is 0 Å². The fourth-order valence-corrected chi connectivity index (χ4v) is 10.8. The molecule has 0 aliphatic heterocycles. The van der Waals surface area contributed by atoms with Gasteiger partial charge in [0.15, 0.2) is 0 Å². The minimum absolute atomic E-state index is 0.0385. The highest BCUT2D eigenvalue weighted by atomic mass is 35.5. The molecule has 0 atom stereocenters. The van der Waals surface area contributed by atoms with E-state index < -0.39 is 0 Å². The number of hydrogen-bond acceptors (Lipinski definition) is 2. The molecule has 0 unspecified atom stereocenters. The van der Waals surface area contributed by atoms with Crippen molar-refractivity contribution in [1.29, 1.82) is 0 Å². The summed E-state index contributed by atoms with van der Waals surface area (Å²) in [5.74, 6) is 0. The molecule has 0 saturated heterocycles. The van der Waals surface area contributed by atoms with Crippen LogP contribution in [0.15, 0.2) is 170 Å². The van der Waals surface area contributed by atoms with Gasteiger partial charge in [0.05, 0.1) is 22.1 Å². The summed E-state index contributed by atoms with van der Waals surface area (Å²) in [6.07, 6.45) is 5.41. The lowest BCUT2D eigenvalue weighted by Gasteiger charge is -2.34. The molecular weight excluding hydrogens is 844 g/mol. The molecule has 0 aromatic heterocycles. The lowest BCUT2D eigenvalue weighted by atomic mass is 9.82. The monoisotopic (exact) mass is 908 g/mol. The normalized spacial score (nSPS) is 13.1. The van der Waals surface area contributed by atoms with E-state index in [1.807, 2.05) is 0 Å². The van der Waals surface area contributed by atoms with Gasteiger partial charge in [0.2, 0.25) is 0 Å². The molecule has 9 aromatic rings. The van der Waals surface area contributed by atoms with Crippen LogP contribution in [0.25, 0.3) is 43.4 Å². The third kappa shape index (κ3) is 8.05. The zero-order chi connectivity index (χ0) is 47.5. The average Bonchev–Trinajstić information content (AvgIpc) is 3.85. The molecule has 0 fully saturated rings. The molecule has 0 amide bonds. The van der Waals surface area contributed by atoms with Gasteiger partial charge in [0, 0.05) is 22.6 Å².